The van der Waals surface area contributed by atoms with E-state index in [0.29, 0.717) is 16.2 Å². The molecule has 1 aromatic carbocycles. The van der Waals surface area contributed by atoms with Gasteiger partial charge in [-0.05, 0) is 18.2 Å². The molecule has 3 rings (SSSR count). The number of nitrogens with zero attached hydrogens (tertiary/aromatic N) is 1. The van der Waals surface area contributed by atoms with Gasteiger partial charge in [-0.1, -0.05) is 15.9 Å². The molecule has 0 unspecified atom stereocenters. The summed E-state index contributed by atoms with van der Waals surface area (Å²) in [7, 11) is 0. The molecule has 0 spiro atoms. The third-order valence-corrected chi connectivity index (χ3v) is 3.67. The van der Waals surface area contributed by atoms with Crippen molar-refractivity contribution in [2.45, 2.75) is 6.61 Å². The number of benzene rings is 1. The standard InChI is InChI=1S/C14H10BrNO5/c15-10-6-13-12(20-8-21-13)5-9(10)7-19-14(17)11-3-1-2-4-16(11)18/h1-6H,7-8H2. The minimum atomic E-state index is -0.685. The average Bonchev–Trinajstić information content (AvgIpc) is 2.92. The third kappa shape index (κ3) is 2.78. The molecule has 0 fully saturated rings. The highest BCUT2D eigenvalue weighted by molar-refractivity contribution is 9.10. The van der Waals surface area contributed by atoms with Crippen LogP contribution in [-0.2, 0) is 11.3 Å². The van der Waals surface area contributed by atoms with E-state index in [9.17, 15) is 10.0 Å². The van der Waals surface area contributed by atoms with Crippen molar-refractivity contribution in [2.24, 2.45) is 0 Å². The van der Waals surface area contributed by atoms with Crippen molar-refractivity contribution >= 4 is 21.9 Å². The van der Waals surface area contributed by atoms with Gasteiger partial charge >= 0.3 is 11.7 Å². The second-order valence-electron chi connectivity index (χ2n) is 4.28. The van der Waals surface area contributed by atoms with Crippen LogP contribution in [0.1, 0.15) is 16.1 Å². The first-order valence-electron chi connectivity index (χ1n) is 6.08. The fourth-order valence-electron chi connectivity index (χ4n) is 1.87. The lowest BCUT2D eigenvalue weighted by Crippen LogP contribution is -2.34. The summed E-state index contributed by atoms with van der Waals surface area (Å²) >= 11 is 3.38. The number of aromatic nitrogens is 1. The van der Waals surface area contributed by atoms with Crippen LogP contribution >= 0.6 is 15.9 Å². The zero-order chi connectivity index (χ0) is 14.8. The summed E-state index contributed by atoms with van der Waals surface area (Å²) in [6.07, 6.45) is 1.24. The van der Waals surface area contributed by atoms with E-state index in [1.54, 1.807) is 18.2 Å². The normalized spacial score (nSPS) is 12.2. The van der Waals surface area contributed by atoms with Crippen LogP contribution in [0.4, 0.5) is 0 Å². The minimum Gasteiger partial charge on any atom is -0.618 e. The summed E-state index contributed by atoms with van der Waals surface area (Å²) in [4.78, 5) is 11.9. The molecule has 0 saturated carbocycles. The summed E-state index contributed by atoms with van der Waals surface area (Å²) in [6.45, 7) is 0.191. The molecule has 0 atom stereocenters. The Balaban J connectivity index is 1.74. The molecular weight excluding hydrogens is 342 g/mol. The van der Waals surface area contributed by atoms with Crippen LogP contribution in [0.25, 0.3) is 0 Å². The Morgan fingerprint density at radius 1 is 1.33 bits per heavy atom. The average molecular weight is 352 g/mol. The number of halogens is 1. The molecule has 2 heterocycles. The molecule has 0 N–H and O–H groups in total. The highest BCUT2D eigenvalue weighted by atomic mass is 79.9. The lowest BCUT2D eigenvalue weighted by molar-refractivity contribution is -0.608. The topological polar surface area (TPSA) is 71.7 Å². The van der Waals surface area contributed by atoms with Crippen LogP contribution in [0, 0.1) is 5.21 Å². The smallest absolute Gasteiger partial charge is 0.405 e. The van der Waals surface area contributed by atoms with Crippen molar-refractivity contribution in [2.75, 3.05) is 6.79 Å². The summed E-state index contributed by atoms with van der Waals surface area (Å²) < 4.78 is 16.9. The number of pyridine rings is 1. The van der Waals surface area contributed by atoms with Gasteiger partial charge in [0.1, 0.15) is 6.61 Å². The van der Waals surface area contributed by atoms with Crippen molar-refractivity contribution in [1.82, 2.24) is 0 Å². The molecule has 21 heavy (non-hydrogen) atoms. The molecule has 0 saturated heterocycles. The molecule has 6 nitrogen and oxygen atoms in total. The Kier molecular flexibility index (Phi) is 3.66. The summed E-state index contributed by atoms with van der Waals surface area (Å²) in [6, 6.07) is 8.03. The van der Waals surface area contributed by atoms with Gasteiger partial charge in [-0.15, -0.1) is 0 Å². The van der Waals surface area contributed by atoms with Gasteiger partial charge in [0.25, 0.3) is 0 Å². The van der Waals surface area contributed by atoms with E-state index < -0.39 is 5.97 Å². The van der Waals surface area contributed by atoms with Crippen molar-refractivity contribution in [1.29, 1.82) is 0 Å². The number of carbonyl (C=O) groups excluding carboxylic acids is 1. The second-order valence-corrected chi connectivity index (χ2v) is 5.14. The van der Waals surface area contributed by atoms with Gasteiger partial charge in [-0.3, -0.25) is 0 Å². The number of ether oxygens (including phenoxy) is 3. The second kappa shape index (κ2) is 5.61. The van der Waals surface area contributed by atoms with Crippen LogP contribution in [0.2, 0.25) is 0 Å². The van der Waals surface area contributed by atoms with Gasteiger partial charge in [-0.25, -0.2) is 4.79 Å². The largest absolute Gasteiger partial charge is 0.618 e. The van der Waals surface area contributed by atoms with E-state index in [2.05, 4.69) is 15.9 Å². The Bertz CT molecular complexity index is 704. The van der Waals surface area contributed by atoms with Gasteiger partial charge in [0.05, 0.1) is 0 Å². The molecule has 0 amide bonds. The Morgan fingerprint density at radius 3 is 2.86 bits per heavy atom. The van der Waals surface area contributed by atoms with Crippen molar-refractivity contribution < 1.29 is 23.7 Å². The van der Waals surface area contributed by atoms with E-state index >= 15 is 0 Å². The number of hydrogen-bond donors (Lipinski definition) is 0. The highest BCUT2D eigenvalue weighted by Gasteiger charge is 2.20. The first-order valence-corrected chi connectivity index (χ1v) is 6.88. The predicted octanol–water partition coefficient (Wildman–Crippen LogP) is 2.17. The van der Waals surface area contributed by atoms with Crippen LogP contribution in [0.3, 0.4) is 0 Å². The minimum absolute atomic E-state index is 0.0188. The SMILES string of the molecule is O=C(OCc1cc2c(cc1Br)OCO2)c1cccc[n+]1[O-]. The van der Waals surface area contributed by atoms with Crippen LogP contribution in [0.15, 0.2) is 41.0 Å². The number of rotatable bonds is 3. The van der Waals surface area contributed by atoms with Crippen LogP contribution in [-0.4, -0.2) is 12.8 Å². The quantitative estimate of drug-likeness (QED) is 0.481. The molecule has 2 aromatic rings. The van der Waals surface area contributed by atoms with Crippen LogP contribution in [0.5, 0.6) is 11.5 Å². The Labute approximate surface area is 128 Å². The molecule has 0 aliphatic carbocycles. The van der Waals surface area contributed by atoms with Gasteiger partial charge in [0.2, 0.25) is 6.79 Å². The molecule has 1 aromatic heterocycles. The summed E-state index contributed by atoms with van der Waals surface area (Å²) in [5.41, 5.74) is 0.662. The third-order valence-electron chi connectivity index (χ3n) is 2.93. The molecule has 7 heteroatoms. The predicted molar refractivity (Wildman–Crippen MR) is 74.8 cm³/mol. The fourth-order valence-corrected chi connectivity index (χ4v) is 2.31. The van der Waals surface area contributed by atoms with Gasteiger partial charge in [0.15, 0.2) is 17.7 Å². The lowest BCUT2D eigenvalue weighted by atomic mass is 10.2. The number of hydrogen-bond acceptors (Lipinski definition) is 5. The fraction of sp³-hybridized carbons (Fsp3) is 0.143. The first kappa shape index (κ1) is 13.7. The molecule has 0 bridgehead atoms. The van der Waals surface area contributed by atoms with E-state index in [4.69, 9.17) is 14.2 Å². The first-order chi connectivity index (χ1) is 10.1. The summed E-state index contributed by atoms with van der Waals surface area (Å²) in [5, 5.41) is 11.5. The number of fused-ring (bicyclic) bond motifs is 1. The summed E-state index contributed by atoms with van der Waals surface area (Å²) in [5.74, 6) is 0.551. The molecule has 1 aliphatic heterocycles. The van der Waals surface area contributed by atoms with Gasteiger partial charge in [0, 0.05) is 22.2 Å². The van der Waals surface area contributed by atoms with Crippen molar-refractivity contribution in [3.8, 4) is 11.5 Å². The number of esters is 1. The Hall–Kier alpha value is -2.28. The molecule has 0 radical (unpaired) electrons. The maximum Gasteiger partial charge on any atom is 0.405 e. The molecular formula is C14H10BrNO5. The van der Waals surface area contributed by atoms with Gasteiger partial charge < -0.3 is 19.4 Å². The zero-order valence-corrected chi connectivity index (χ0v) is 12.3. The van der Waals surface area contributed by atoms with Crippen LogP contribution < -0.4 is 14.2 Å². The Morgan fingerprint density at radius 2 is 2.10 bits per heavy atom. The molecule has 108 valence electrons. The van der Waals surface area contributed by atoms with E-state index in [-0.39, 0.29) is 19.1 Å². The van der Waals surface area contributed by atoms with Gasteiger partial charge in [-0.2, -0.15) is 4.73 Å². The lowest BCUT2D eigenvalue weighted by Gasteiger charge is -2.08. The number of carbonyl (C=O) groups is 1. The van der Waals surface area contributed by atoms with E-state index in [1.165, 1.54) is 18.3 Å². The van der Waals surface area contributed by atoms with E-state index in [1.807, 2.05) is 0 Å². The zero-order valence-electron chi connectivity index (χ0n) is 10.7. The highest BCUT2D eigenvalue weighted by Crippen LogP contribution is 2.37. The maximum atomic E-state index is 11.9. The van der Waals surface area contributed by atoms with Crippen molar-refractivity contribution in [3.63, 3.8) is 0 Å². The van der Waals surface area contributed by atoms with Crippen molar-refractivity contribution in [3.05, 3.63) is 57.5 Å². The monoisotopic (exact) mass is 351 g/mol. The molecule has 1 aliphatic rings. The maximum absolute atomic E-state index is 11.9. The van der Waals surface area contributed by atoms with E-state index in [0.717, 1.165) is 10.0 Å².